The van der Waals surface area contributed by atoms with E-state index in [9.17, 15) is 24.0 Å². The summed E-state index contributed by atoms with van der Waals surface area (Å²) >= 11 is 0. The smallest absolute Gasteiger partial charge is 0.329 e. The molecule has 1 aliphatic rings. The van der Waals surface area contributed by atoms with E-state index in [1.807, 2.05) is 31.2 Å². The summed E-state index contributed by atoms with van der Waals surface area (Å²) in [6, 6.07) is 11.8. The average molecular weight is 667 g/mol. The first-order valence-corrected chi connectivity index (χ1v) is 16.7. The summed E-state index contributed by atoms with van der Waals surface area (Å²) in [5.74, 6) is -0.405. The molecule has 2 aromatic carbocycles. The molecular weight excluding hydrogens is 616 g/mol. The molecule has 1 N–H and O–H groups in total. The number of rotatable bonds is 19. The molecule has 48 heavy (non-hydrogen) atoms. The van der Waals surface area contributed by atoms with Crippen LogP contribution in [0.4, 0.5) is 0 Å². The minimum Gasteiger partial charge on any atom is -0.493 e. The van der Waals surface area contributed by atoms with Crippen molar-refractivity contribution in [1.82, 2.24) is 10.2 Å². The zero-order valence-electron chi connectivity index (χ0n) is 28.9. The maximum absolute atomic E-state index is 13.8. The van der Waals surface area contributed by atoms with E-state index in [4.69, 9.17) is 18.9 Å². The number of amides is 2. The normalized spacial score (nSPS) is 15.2. The van der Waals surface area contributed by atoms with Gasteiger partial charge < -0.3 is 34.0 Å². The minimum atomic E-state index is -0.874. The summed E-state index contributed by atoms with van der Waals surface area (Å²) in [5.41, 5.74) is 0.763. The van der Waals surface area contributed by atoms with Crippen molar-refractivity contribution in [3.63, 3.8) is 0 Å². The Morgan fingerprint density at radius 1 is 1.02 bits per heavy atom. The third kappa shape index (κ3) is 10.8. The van der Waals surface area contributed by atoms with Crippen LogP contribution in [0.3, 0.4) is 0 Å². The van der Waals surface area contributed by atoms with E-state index < -0.39 is 35.2 Å². The van der Waals surface area contributed by atoms with Gasteiger partial charge in [-0.2, -0.15) is 0 Å². The van der Waals surface area contributed by atoms with Crippen molar-refractivity contribution < 1.29 is 42.9 Å². The quantitative estimate of drug-likeness (QED) is 0.0932. The Morgan fingerprint density at radius 2 is 1.79 bits per heavy atom. The van der Waals surface area contributed by atoms with Crippen LogP contribution in [0.1, 0.15) is 89.4 Å². The number of carbonyl (C=O) groups is 5. The lowest BCUT2D eigenvalue weighted by atomic mass is 9.84. The van der Waals surface area contributed by atoms with E-state index >= 15 is 0 Å². The number of ketones is 1. The molecular formula is C37H50N2O9. The highest BCUT2D eigenvalue weighted by Crippen LogP contribution is 2.32. The van der Waals surface area contributed by atoms with Gasteiger partial charge in [-0.05, 0) is 86.8 Å². The molecule has 0 radical (unpaired) electrons. The molecule has 3 rings (SSSR count). The summed E-state index contributed by atoms with van der Waals surface area (Å²) in [6.45, 7) is 5.90. The largest absolute Gasteiger partial charge is 0.493 e. The van der Waals surface area contributed by atoms with Crippen LogP contribution in [-0.2, 0) is 35.1 Å². The number of hydrogen-bond acceptors (Lipinski definition) is 9. The first-order chi connectivity index (χ1) is 23.0. The lowest BCUT2D eigenvalue weighted by Crippen LogP contribution is -2.53. The molecule has 1 fully saturated rings. The fourth-order valence-electron chi connectivity index (χ4n) is 5.43. The number of aldehydes is 1. The number of benzene rings is 2. The number of esters is 1. The molecule has 11 heteroatoms. The number of aryl methyl sites for hydroxylation is 1. The van der Waals surface area contributed by atoms with Crippen LogP contribution in [0.2, 0.25) is 0 Å². The predicted octanol–water partition coefficient (Wildman–Crippen LogP) is 5.17. The molecule has 1 heterocycles. The van der Waals surface area contributed by atoms with Crippen LogP contribution >= 0.6 is 0 Å². The van der Waals surface area contributed by atoms with Gasteiger partial charge in [0.2, 0.25) is 5.78 Å². The molecule has 0 aliphatic carbocycles. The fraction of sp³-hybridized carbons (Fsp3) is 0.541. The molecule has 11 nitrogen and oxygen atoms in total. The number of Topliss-reactive ketones (excluding diaryl/α,β-unsaturated/α-hetero) is 1. The van der Waals surface area contributed by atoms with Crippen LogP contribution in [0.25, 0.3) is 0 Å². The van der Waals surface area contributed by atoms with Gasteiger partial charge in [0.1, 0.15) is 24.2 Å². The minimum absolute atomic E-state index is 0.200. The monoisotopic (exact) mass is 666 g/mol. The third-order valence-electron chi connectivity index (χ3n) is 8.80. The van der Waals surface area contributed by atoms with Crippen molar-refractivity contribution in [2.75, 3.05) is 33.9 Å². The van der Waals surface area contributed by atoms with Crippen molar-refractivity contribution >= 4 is 29.9 Å². The highest BCUT2D eigenvalue weighted by molar-refractivity contribution is 6.38. The molecule has 0 spiro atoms. The molecule has 2 amide bonds. The number of likely N-dealkylation sites (tertiary alicyclic amines) is 1. The second-order valence-electron chi connectivity index (χ2n) is 12.6. The number of unbranched alkanes of at least 4 members (excludes halogenated alkanes) is 2. The summed E-state index contributed by atoms with van der Waals surface area (Å²) in [5, 5.41) is 2.78. The van der Waals surface area contributed by atoms with Crippen LogP contribution in [0, 0.1) is 5.41 Å². The van der Waals surface area contributed by atoms with Gasteiger partial charge in [0.25, 0.3) is 11.8 Å². The Hall–Kier alpha value is -4.41. The van der Waals surface area contributed by atoms with E-state index in [0.29, 0.717) is 87.3 Å². The molecule has 2 atom stereocenters. The molecule has 0 unspecified atom stereocenters. The Kier molecular flexibility index (Phi) is 14.9. The Balaban J connectivity index is 1.80. The SMILES string of the molecule is CCC(C)(C)C(=O)C(=O)N1CCCC[C@H]1C(=O)O[C@H](CCc1ccc(OC)c(OC)c1)c1cccc(OCC(=O)NCCCCC=O)c1. The number of nitrogens with zero attached hydrogens (tertiary/aromatic N) is 1. The van der Waals surface area contributed by atoms with Gasteiger partial charge in [0.15, 0.2) is 18.1 Å². The van der Waals surface area contributed by atoms with E-state index in [0.717, 1.165) is 18.3 Å². The summed E-state index contributed by atoms with van der Waals surface area (Å²) in [7, 11) is 3.13. The Labute approximate surface area is 283 Å². The number of hydrogen-bond donors (Lipinski definition) is 1. The highest BCUT2D eigenvalue weighted by atomic mass is 16.5. The number of methoxy groups -OCH3 is 2. The molecule has 0 aromatic heterocycles. The van der Waals surface area contributed by atoms with E-state index in [1.54, 1.807) is 46.3 Å². The summed E-state index contributed by atoms with van der Waals surface area (Å²) < 4.78 is 22.8. The number of nitrogens with one attached hydrogen (secondary N) is 1. The number of ether oxygens (including phenoxy) is 4. The van der Waals surface area contributed by atoms with E-state index in [1.165, 1.54) is 4.90 Å². The Bertz CT molecular complexity index is 1410. The van der Waals surface area contributed by atoms with Crippen molar-refractivity contribution in [3.05, 3.63) is 53.6 Å². The molecule has 0 saturated carbocycles. The van der Waals surface area contributed by atoms with Crippen LogP contribution in [0.5, 0.6) is 17.2 Å². The zero-order valence-corrected chi connectivity index (χ0v) is 28.9. The van der Waals surface area contributed by atoms with Crippen molar-refractivity contribution in [2.24, 2.45) is 5.41 Å². The second kappa shape index (κ2) is 18.8. The molecule has 1 aliphatic heterocycles. The van der Waals surface area contributed by atoms with E-state index in [-0.39, 0.29) is 12.5 Å². The summed E-state index contributed by atoms with van der Waals surface area (Å²) in [4.78, 5) is 64.5. The topological polar surface area (TPSA) is 138 Å². The zero-order chi connectivity index (χ0) is 35.1. The molecule has 0 bridgehead atoms. The van der Waals surface area contributed by atoms with Gasteiger partial charge in [-0.25, -0.2) is 4.79 Å². The summed E-state index contributed by atoms with van der Waals surface area (Å²) in [6.07, 6.45) is 5.25. The van der Waals surface area contributed by atoms with Crippen LogP contribution < -0.4 is 19.5 Å². The first-order valence-electron chi connectivity index (χ1n) is 16.7. The van der Waals surface area contributed by atoms with Crippen LogP contribution in [0.15, 0.2) is 42.5 Å². The molecule has 1 saturated heterocycles. The van der Waals surface area contributed by atoms with Gasteiger partial charge in [-0.1, -0.05) is 39.0 Å². The lowest BCUT2D eigenvalue weighted by Gasteiger charge is -2.36. The Morgan fingerprint density at radius 3 is 2.50 bits per heavy atom. The van der Waals surface area contributed by atoms with Crippen molar-refractivity contribution in [2.45, 2.75) is 90.7 Å². The maximum Gasteiger partial charge on any atom is 0.329 e. The fourth-order valence-corrected chi connectivity index (χ4v) is 5.43. The third-order valence-corrected chi connectivity index (χ3v) is 8.80. The number of piperidine rings is 1. The average Bonchev–Trinajstić information content (AvgIpc) is 3.11. The van der Waals surface area contributed by atoms with Gasteiger partial charge in [-0.3, -0.25) is 14.4 Å². The standard InChI is InChI=1S/C37H50N2O9/c1-6-37(2,3)34(42)35(43)39-21-10-8-15-29(39)36(44)48-30(18-16-26-17-19-31(45-4)32(23-26)46-5)27-13-12-14-28(24-27)47-25-33(41)38-20-9-7-11-22-40/h12-14,17,19,22-24,29-30H,6-11,15-16,18,20-21,25H2,1-5H3,(H,38,41)/t29-,30+/m0/s1. The maximum atomic E-state index is 13.8. The van der Waals surface area contributed by atoms with Crippen molar-refractivity contribution in [3.8, 4) is 17.2 Å². The highest BCUT2D eigenvalue weighted by Gasteiger charge is 2.41. The van der Waals surface area contributed by atoms with Crippen molar-refractivity contribution in [1.29, 1.82) is 0 Å². The van der Waals surface area contributed by atoms with E-state index in [2.05, 4.69) is 5.32 Å². The van der Waals surface area contributed by atoms with Gasteiger partial charge >= 0.3 is 5.97 Å². The first kappa shape index (κ1) is 38.0. The predicted molar refractivity (Wildman–Crippen MR) is 180 cm³/mol. The molecule has 262 valence electrons. The van der Waals surface area contributed by atoms with Gasteiger partial charge in [-0.15, -0.1) is 0 Å². The lowest BCUT2D eigenvalue weighted by molar-refractivity contribution is -0.164. The van der Waals surface area contributed by atoms with Gasteiger partial charge in [0.05, 0.1) is 14.2 Å². The second-order valence-corrected chi connectivity index (χ2v) is 12.6. The van der Waals surface area contributed by atoms with Gasteiger partial charge in [0, 0.05) is 24.9 Å². The molecule has 2 aromatic rings. The number of carbonyl (C=O) groups excluding carboxylic acids is 5. The van der Waals surface area contributed by atoms with Crippen LogP contribution in [-0.4, -0.2) is 74.7 Å².